The van der Waals surface area contributed by atoms with Crippen LogP contribution < -0.4 is 5.32 Å². The lowest BCUT2D eigenvalue weighted by molar-refractivity contribution is 0.190. The summed E-state index contributed by atoms with van der Waals surface area (Å²) in [7, 11) is 1.66. The van der Waals surface area contributed by atoms with Gasteiger partial charge in [-0.3, -0.25) is 0 Å². The highest BCUT2D eigenvalue weighted by Gasteiger charge is 2.10. The molecule has 1 atom stereocenters. The first kappa shape index (κ1) is 17.0. The number of rotatable bonds is 7. The van der Waals surface area contributed by atoms with Crippen LogP contribution in [0.2, 0.25) is 0 Å². The van der Waals surface area contributed by atoms with Crippen molar-refractivity contribution in [2.24, 2.45) is 0 Å². The van der Waals surface area contributed by atoms with E-state index in [1.165, 1.54) is 12.1 Å². The molecule has 3 aromatic rings. The number of nitrogens with one attached hydrogen (secondary N) is 1. The van der Waals surface area contributed by atoms with Crippen molar-refractivity contribution in [2.75, 3.05) is 19.0 Å². The zero-order valence-electron chi connectivity index (χ0n) is 14.1. The number of pyridine rings is 1. The maximum atomic E-state index is 12.9. The number of hydrogen-bond donors (Lipinski definition) is 1. The molecule has 0 aliphatic heterocycles. The quantitative estimate of drug-likeness (QED) is 0.710. The largest absolute Gasteiger partial charge is 0.383 e. The van der Waals surface area contributed by atoms with Crippen LogP contribution in [0, 0.1) is 5.82 Å². The van der Waals surface area contributed by atoms with Crippen molar-refractivity contribution in [3.63, 3.8) is 0 Å². The van der Waals surface area contributed by atoms with Gasteiger partial charge in [0, 0.05) is 25.8 Å². The van der Waals surface area contributed by atoms with Gasteiger partial charge >= 0.3 is 0 Å². The maximum Gasteiger partial charge on any atom is 0.259 e. The Morgan fingerprint density at radius 3 is 2.68 bits per heavy atom. The van der Waals surface area contributed by atoms with E-state index >= 15 is 0 Å². The summed E-state index contributed by atoms with van der Waals surface area (Å²) in [6.07, 6.45) is 2.16. The zero-order chi connectivity index (χ0) is 17.6. The summed E-state index contributed by atoms with van der Waals surface area (Å²) in [6, 6.07) is 10.1. The highest BCUT2D eigenvalue weighted by Crippen LogP contribution is 2.19. The van der Waals surface area contributed by atoms with Gasteiger partial charge in [-0.1, -0.05) is 17.3 Å². The van der Waals surface area contributed by atoms with E-state index in [4.69, 9.17) is 9.26 Å². The Labute approximate surface area is 145 Å². The Hall–Kier alpha value is -2.80. The number of anilines is 1. The van der Waals surface area contributed by atoms with E-state index in [-0.39, 0.29) is 11.9 Å². The predicted molar refractivity (Wildman–Crippen MR) is 91.7 cm³/mol. The second-order valence-corrected chi connectivity index (χ2v) is 5.75. The number of nitrogens with zero attached hydrogens (tertiary/aromatic N) is 3. The third kappa shape index (κ3) is 4.60. The van der Waals surface area contributed by atoms with Gasteiger partial charge in [0.05, 0.1) is 12.2 Å². The molecule has 1 N–H and O–H groups in total. The van der Waals surface area contributed by atoms with Crippen LogP contribution in [-0.2, 0) is 11.2 Å². The fourth-order valence-corrected chi connectivity index (χ4v) is 2.38. The minimum Gasteiger partial charge on any atom is -0.383 e. The summed E-state index contributed by atoms with van der Waals surface area (Å²) in [5.41, 5.74) is 1.65. The van der Waals surface area contributed by atoms with Gasteiger partial charge in [0.25, 0.3) is 5.89 Å². The molecule has 1 aromatic carbocycles. The van der Waals surface area contributed by atoms with Gasteiger partial charge < -0.3 is 14.6 Å². The monoisotopic (exact) mass is 342 g/mol. The molecule has 0 radical (unpaired) electrons. The Morgan fingerprint density at radius 1 is 1.20 bits per heavy atom. The number of halogens is 1. The molecule has 0 saturated carbocycles. The van der Waals surface area contributed by atoms with Crippen molar-refractivity contribution in [3.8, 4) is 11.5 Å². The normalized spacial score (nSPS) is 12.1. The van der Waals surface area contributed by atoms with Crippen LogP contribution in [0.15, 0.2) is 47.1 Å². The zero-order valence-corrected chi connectivity index (χ0v) is 14.1. The molecule has 0 spiro atoms. The van der Waals surface area contributed by atoms with E-state index in [1.54, 1.807) is 25.4 Å². The summed E-state index contributed by atoms with van der Waals surface area (Å²) < 4.78 is 23.3. The number of ether oxygens (including phenoxy) is 1. The maximum absolute atomic E-state index is 12.9. The van der Waals surface area contributed by atoms with E-state index in [9.17, 15) is 4.39 Å². The molecule has 0 amide bonds. The Morgan fingerprint density at radius 2 is 2.00 bits per heavy atom. The molecule has 0 fully saturated rings. The molecule has 0 aliphatic carbocycles. The Balaban J connectivity index is 1.66. The third-order valence-corrected chi connectivity index (χ3v) is 3.56. The number of hydrogen-bond acceptors (Lipinski definition) is 6. The van der Waals surface area contributed by atoms with Crippen LogP contribution in [-0.4, -0.2) is 34.9 Å². The molecule has 7 heteroatoms. The molecule has 130 valence electrons. The molecule has 25 heavy (non-hydrogen) atoms. The second kappa shape index (κ2) is 7.85. The standard InChI is InChI=1S/C18H19FN4O2/c1-12(11-24-2)21-16-8-5-14(10-20-16)18-22-17(23-25-18)9-13-3-6-15(19)7-4-13/h3-8,10,12H,9,11H2,1-2H3,(H,20,21)/t12-/m0/s1. The van der Waals surface area contributed by atoms with Crippen LogP contribution in [0.5, 0.6) is 0 Å². The minimum absolute atomic E-state index is 0.161. The van der Waals surface area contributed by atoms with Crippen molar-refractivity contribution in [3.05, 3.63) is 59.8 Å². The van der Waals surface area contributed by atoms with Crippen molar-refractivity contribution in [1.82, 2.24) is 15.1 Å². The first-order valence-corrected chi connectivity index (χ1v) is 7.93. The van der Waals surface area contributed by atoms with Gasteiger partial charge in [-0.05, 0) is 36.8 Å². The van der Waals surface area contributed by atoms with E-state index in [2.05, 4.69) is 20.4 Å². The molecular weight excluding hydrogens is 323 g/mol. The number of methoxy groups -OCH3 is 1. The SMILES string of the molecule is COC[C@H](C)Nc1ccc(-c2nc(Cc3ccc(F)cc3)no2)cn1. The fourth-order valence-electron chi connectivity index (χ4n) is 2.38. The summed E-state index contributed by atoms with van der Waals surface area (Å²) in [5, 5.41) is 7.20. The first-order valence-electron chi connectivity index (χ1n) is 7.93. The number of aromatic nitrogens is 3. The molecular formula is C18H19FN4O2. The smallest absolute Gasteiger partial charge is 0.259 e. The van der Waals surface area contributed by atoms with Crippen LogP contribution in [0.1, 0.15) is 18.3 Å². The summed E-state index contributed by atoms with van der Waals surface area (Å²) in [4.78, 5) is 8.71. The highest BCUT2D eigenvalue weighted by atomic mass is 19.1. The molecule has 0 saturated heterocycles. The minimum atomic E-state index is -0.267. The van der Waals surface area contributed by atoms with Gasteiger partial charge in [0.1, 0.15) is 11.6 Å². The lowest BCUT2D eigenvalue weighted by atomic mass is 10.1. The second-order valence-electron chi connectivity index (χ2n) is 5.75. The van der Waals surface area contributed by atoms with Crippen LogP contribution in [0.25, 0.3) is 11.5 Å². The van der Waals surface area contributed by atoms with Crippen molar-refractivity contribution >= 4 is 5.82 Å². The molecule has 0 bridgehead atoms. The highest BCUT2D eigenvalue weighted by molar-refractivity contribution is 5.54. The Bertz CT molecular complexity index is 803. The molecule has 0 unspecified atom stereocenters. The van der Waals surface area contributed by atoms with E-state index in [1.807, 2.05) is 19.1 Å². The summed E-state index contributed by atoms with van der Waals surface area (Å²) in [5.74, 6) is 1.43. The van der Waals surface area contributed by atoms with Crippen molar-refractivity contribution < 1.29 is 13.7 Å². The third-order valence-electron chi connectivity index (χ3n) is 3.56. The van der Waals surface area contributed by atoms with Gasteiger partial charge in [0.15, 0.2) is 5.82 Å². The van der Waals surface area contributed by atoms with E-state index in [0.29, 0.717) is 24.7 Å². The molecule has 2 heterocycles. The van der Waals surface area contributed by atoms with Crippen molar-refractivity contribution in [1.29, 1.82) is 0 Å². The number of benzene rings is 1. The van der Waals surface area contributed by atoms with Crippen LogP contribution in [0.4, 0.5) is 10.2 Å². The van der Waals surface area contributed by atoms with Crippen LogP contribution >= 0.6 is 0 Å². The van der Waals surface area contributed by atoms with Crippen LogP contribution in [0.3, 0.4) is 0 Å². The topological polar surface area (TPSA) is 73.1 Å². The summed E-state index contributed by atoms with van der Waals surface area (Å²) >= 11 is 0. The Kier molecular flexibility index (Phi) is 5.35. The lowest BCUT2D eigenvalue weighted by Gasteiger charge is -2.12. The van der Waals surface area contributed by atoms with Gasteiger partial charge in [-0.2, -0.15) is 4.98 Å². The molecule has 2 aromatic heterocycles. The molecule has 3 rings (SSSR count). The first-order chi connectivity index (χ1) is 12.1. The van der Waals surface area contributed by atoms with Gasteiger partial charge in [0.2, 0.25) is 0 Å². The van der Waals surface area contributed by atoms with Gasteiger partial charge in [-0.25, -0.2) is 9.37 Å². The average Bonchev–Trinajstić information content (AvgIpc) is 3.06. The van der Waals surface area contributed by atoms with Crippen molar-refractivity contribution in [2.45, 2.75) is 19.4 Å². The average molecular weight is 342 g/mol. The lowest BCUT2D eigenvalue weighted by Crippen LogP contribution is -2.21. The van der Waals surface area contributed by atoms with Gasteiger partial charge in [-0.15, -0.1) is 0 Å². The summed E-state index contributed by atoms with van der Waals surface area (Å²) in [6.45, 7) is 2.61. The molecule has 0 aliphatic rings. The fraction of sp³-hybridized carbons (Fsp3) is 0.278. The van der Waals surface area contributed by atoms with E-state index < -0.39 is 0 Å². The molecule has 6 nitrogen and oxygen atoms in total. The predicted octanol–water partition coefficient (Wildman–Crippen LogP) is 3.31. The van der Waals surface area contributed by atoms with E-state index in [0.717, 1.165) is 16.9 Å².